The first-order chi connectivity index (χ1) is 19.5. The molecule has 2 aliphatic heterocycles. The number of Topliss-reactive ketones (excluding diaryl/α,β-unsaturated/α-hetero) is 1. The Morgan fingerprint density at radius 1 is 0.975 bits per heavy atom. The monoisotopic (exact) mass is 532 g/mol. The molecule has 0 aliphatic carbocycles. The minimum atomic E-state index is -0.808. The van der Waals surface area contributed by atoms with Gasteiger partial charge in [0.15, 0.2) is 0 Å². The molecular formula is C33H28N2O5. The van der Waals surface area contributed by atoms with Gasteiger partial charge in [-0.2, -0.15) is 0 Å². The average Bonchev–Trinajstić information content (AvgIpc) is 3.48. The maximum Gasteiger partial charge on any atom is 0.295 e. The number of hydrogen-bond acceptors (Lipinski definition) is 6. The average molecular weight is 533 g/mol. The number of likely N-dealkylation sites (tertiary alicyclic amines) is 1. The fourth-order valence-electron chi connectivity index (χ4n) is 5.31. The van der Waals surface area contributed by atoms with E-state index < -0.39 is 17.7 Å². The van der Waals surface area contributed by atoms with Gasteiger partial charge in [-0.05, 0) is 71.6 Å². The second-order valence-corrected chi connectivity index (χ2v) is 10.1. The fraction of sp³-hybridized carbons (Fsp3) is 0.182. The van der Waals surface area contributed by atoms with Crippen LogP contribution in [-0.2, 0) is 29.2 Å². The van der Waals surface area contributed by atoms with Crippen LogP contribution in [0.2, 0.25) is 0 Å². The maximum absolute atomic E-state index is 13.5. The minimum Gasteiger partial charge on any atom is -0.507 e. The second-order valence-electron chi connectivity index (χ2n) is 10.1. The number of fused-ring (bicyclic) bond motifs is 1. The zero-order chi connectivity index (χ0) is 27.6. The lowest BCUT2D eigenvalue weighted by Gasteiger charge is -2.26. The molecule has 0 saturated carbocycles. The Balaban J connectivity index is 1.41. The van der Waals surface area contributed by atoms with Crippen LogP contribution in [0.25, 0.3) is 5.76 Å². The van der Waals surface area contributed by atoms with Crippen molar-refractivity contribution in [3.8, 4) is 11.5 Å². The summed E-state index contributed by atoms with van der Waals surface area (Å²) in [6.45, 7) is 2.54. The Morgan fingerprint density at radius 2 is 1.77 bits per heavy atom. The van der Waals surface area contributed by atoms with E-state index in [9.17, 15) is 14.7 Å². The van der Waals surface area contributed by atoms with Gasteiger partial charge in [0.2, 0.25) is 0 Å². The highest BCUT2D eigenvalue weighted by atomic mass is 16.5. The Kier molecular flexibility index (Phi) is 6.78. The van der Waals surface area contributed by atoms with Gasteiger partial charge in [0.25, 0.3) is 11.7 Å². The topological polar surface area (TPSA) is 89.0 Å². The summed E-state index contributed by atoms with van der Waals surface area (Å²) in [5.41, 5.74) is 3.98. The molecule has 40 heavy (non-hydrogen) atoms. The van der Waals surface area contributed by atoms with Crippen molar-refractivity contribution in [2.45, 2.75) is 38.6 Å². The molecule has 0 unspecified atom stereocenters. The van der Waals surface area contributed by atoms with E-state index in [1.807, 2.05) is 67.6 Å². The summed E-state index contributed by atoms with van der Waals surface area (Å²) in [4.78, 5) is 32.5. The summed E-state index contributed by atoms with van der Waals surface area (Å²) in [6.07, 6.45) is 4.04. The number of aliphatic hydroxyl groups excluding tert-OH is 1. The Labute approximate surface area is 232 Å². The van der Waals surface area contributed by atoms with E-state index >= 15 is 0 Å². The number of nitrogens with zero attached hydrogens (tertiary/aromatic N) is 2. The Morgan fingerprint density at radius 3 is 2.58 bits per heavy atom. The number of rotatable bonds is 7. The summed E-state index contributed by atoms with van der Waals surface area (Å²) in [5, 5.41) is 11.5. The van der Waals surface area contributed by atoms with Crippen LogP contribution in [0.1, 0.15) is 40.8 Å². The van der Waals surface area contributed by atoms with Gasteiger partial charge in [-0.1, -0.05) is 42.5 Å². The van der Waals surface area contributed by atoms with Crippen LogP contribution < -0.4 is 9.47 Å². The number of ketones is 1. The number of benzene rings is 3. The van der Waals surface area contributed by atoms with Crippen LogP contribution in [0.15, 0.2) is 103 Å². The Hall–Kier alpha value is -4.91. The van der Waals surface area contributed by atoms with Gasteiger partial charge in [-0.3, -0.25) is 14.6 Å². The number of pyridine rings is 1. The lowest BCUT2D eigenvalue weighted by atomic mass is 9.94. The summed E-state index contributed by atoms with van der Waals surface area (Å²) < 4.78 is 11.9. The molecule has 2 atom stereocenters. The maximum atomic E-state index is 13.5. The molecule has 0 spiro atoms. The molecule has 1 aromatic heterocycles. The highest BCUT2D eigenvalue weighted by Crippen LogP contribution is 2.42. The third-order valence-corrected chi connectivity index (χ3v) is 7.23. The molecule has 0 radical (unpaired) electrons. The van der Waals surface area contributed by atoms with Crippen molar-refractivity contribution in [2.24, 2.45) is 0 Å². The fourth-order valence-corrected chi connectivity index (χ4v) is 5.31. The summed E-state index contributed by atoms with van der Waals surface area (Å²) in [6, 6.07) is 25.3. The second kappa shape index (κ2) is 10.7. The van der Waals surface area contributed by atoms with Gasteiger partial charge in [0, 0.05) is 30.9 Å². The SMILES string of the molecule is C[C@H]1Cc2cc(C(O)=C3C(=O)C(=O)N(Cc4ccncc4)[C@@H]3c3cccc(OCc4ccccc4)c3)ccc2O1. The number of hydrogen-bond donors (Lipinski definition) is 1. The number of carbonyl (C=O) groups excluding carboxylic acids is 2. The van der Waals surface area contributed by atoms with Crippen molar-refractivity contribution in [1.82, 2.24) is 9.88 Å². The van der Waals surface area contributed by atoms with E-state index in [0.29, 0.717) is 29.9 Å². The highest BCUT2D eigenvalue weighted by molar-refractivity contribution is 6.46. The largest absolute Gasteiger partial charge is 0.507 e. The van der Waals surface area contributed by atoms with Crippen molar-refractivity contribution in [2.75, 3.05) is 0 Å². The van der Waals surface area contributed by atoms with Crippen LogP contribution in [0.3, 0.4) is 0 Å². The standard InChI is InChI=1S/C33H28N2O5/c1-21-16-26-17-25(10-11-28(26)40-21)31(36)29-30(35(33(38)32(29)37)19-22-12-14-34-15-13-22)24-8-5-9-27(18-24)39-20-23-6-3-2-4-7-23/h2-15,17-18,21,30,36H,16,19-20H2,1H3/t21-,30+/m0/s1. The number of aliphatic hydroxyl groups is 1. The molecular weight excluding hydrogens is 504 g/mol. The van der Waals surface area contributed by atoms with Crippen LogP contribution in [0, 0.1) is 0 Å². The molecule has 1 saturated heterocycles. The molecule has 7 heteroatoms. The first-order valence-electron chi connectivity index (χ1n) is 13.2. The van der Waals surface area contributed by atoms with Gasteiger partial charge < -0.3 is 19.5 Å². The van der Waals surface area contributed by atoms with Crippen LogP contribution in [0.4, 0.5) is 0 Å². The van der Waals surface area contributed by atoms with Crippen LogP contribution in [0.5, 0.6) is 11.5 Å². The van der Waals surface area contributed by atoms with Crippen molar-refractivity contribution in [3.05, 3.63) is 131 Å². The zero-order valence-electron chi connectivity index (χ0n) is 22.0. The molecule has 3 heterocycles. The molecule has 1 fully saturated rings. The molecule has 4 aromatic rings. The quantitative estimate of drug-likeness (QED) is 0.189. The number of carbonyl (C=O) groups is 2. The zero-order valence-corrected chi connectivity index (χ0v) is 22.0. The number of aromatic nitrogens is 1. The van der Waals surface area contributed by atoms with Gasteiger partial charge in [0.1, 0.15) is 30.0 Å². The van der Waals surface area contributed by atoms with Crippen LogP contribution in [-0.4, -0.2) is 32.8 Å². The van der Waals surface area contributed by atoms with Crippen molar-refractivity contribution in [1.29, 1.82) is 0 Å². The molecule has 200 valence electrons. The van der Waals surface area contributed by atoms with E-state index in [1.54, 1.807) is 36.7 Å². The van der Waals surface area contributed by atoms with Crippen molar-refractivity contribution in [3.63, 3.8) is 0 Å². The first kappa shape index (κ1) is 25.4. The molecule has 7 nitrogen and oxygen atoms in total. The molecule has 1 amide bonds. The van der Waals surface area contributed by atoms with E-state index in [0.717, 1.165) is 22.4 Å². The van der Waals surface area contributed by atoms with E-state index in [2.05, 4.69) is 4.98 Å². The summed E-state index contributed by atoms with van der Waals surface area (Å²) >= 11 is 0. The van der Waals surface area contributed by atoms with Crippen molar-refractivity contribution < 1.29 is 24.2 Å². The first-order valence-corrected chi connectivity index (χ1v) is 13.2. The van der Waals surface area contributed by atoms with E-state index in [-0.39, 0.29) is 24.0 Å². The van der Waals surface area contributed by atoms with E-state index in [1.165, 1.54) is 4.90 Å². The third-order valence-electron chi connectivity index (χ3n) is 7.23. The van der Waals surface area contributed by atoms with Gasteiger partial charge >= 0.3 is 0 Å². The lowest BCUT2D eigenvalue weighted by molar-refractivity contribution is -0.140. The highest BCUT2D eigenvalue weighted by Gasteiger charge is 2.46. The molecule has 2 aliphatic rings. The lowest BCUT2D eigenvalue weighted by Crippen LogP contribution is -2.29. The third kappa shape index (κ3) is 4.94. The summed E-state index contributed by atoms with van der Waals surface area (Å²) in [7, 11) is 0. The minimum absolute atomic E-state index is 0.0389. The molecule has 0 bridgehead atoms. The van der Waals surface area contributed by atoms with E-state index in [4.69, 9.17) is 9.47 Å². The van der Waals surface area contributed by atoms with Gasteiger partial charge in [-0.15, -0.1) is 0 Å². The molecule has 6 rings (SSSR count). The smallest absolute Gasteiger partial charge is 0.295 e. The number of amides is 1. The Bertz CT molecular complexity index is 1600. The molecule has 3 aromatic carbocycles. The normalized spacial score (nSPS) is 19.4. The van der Waals surface area contributed by atoms with Crippen LogP contribution >= 0.6 is 0 Å². The van der Waals surface area contributed by atoms with Gasteiger partial charge in [-0.25, -0.2) is 0 Å². The molecule has 1 N–H and O–H groups in total. The number of ether oxygens (including phenoxy) is 2. The predicted octanol–water partition coefficient (Wildman–Crippen LogP) is 5.61. The summed E-state index contributed by atoms with van der Waals surface area (Å²) in [5.74, 6) is -0.241. The van der Waals surface area contributed by atoms with Crippen molar-refractivity contribution >= 4 is 17.4 Å². The predicted molar refractivity (Wildman–Crippen MR) is 150 cm³/mol. The van der Waals surface area contributed by atoms with Gasteiger partial charge in [0.05, 0.1) is 11.6 Å².